The third-order valence-corrected chi connectivity index (χ3v) is 8.21. The van der Waals surface area contributed by atoms with Crippen molar-refractivity contribution in [3.8, 4) is 17.0 Å². The molecule has 3 N–H and O–H groups in total. The zero-order valence-corrected chi connectivity index (χ0v) is 24.1. The van der Waals surface area contributed by atoms with E-state index in [1.807, 2.05) is 35.2 Å². The van der Waals surface area contributed by atoms with Gasteiger partial charge in [0.15, 0.2) is 17.3 Å². The first-order chi connectivity index (χ1) is 20.5. The number of rotatable bonds is 9. The minimum atomic E-state index is -0.462. The molecule has 0 radical (unpaired) electrons. The SMILES string of the molecule is COC(=O)N[C@H]1CCCC[C@@H]1n1cnc(C(=O)N2CCNC[C@H]2CCNc2cccc(OC)c2F)c1-c1ccccc1. The van der Waals surface area contributed by atoms with Gasteiger partial charge in [-0.15, -0.1) is 0 Å². The number of benzene rings is 2. The van der Waals surface area contributed by atoms with Crippen LogP contribution in [-0.4, -0.2) is 78.9 Å². The maximum absolute atomic E-state index is 14.6. The van der Waals surface area contributed by atoms with E-state index < -0.39 is 11.9 Å². The molecule has 3 atom stereocenters. The number of methoxy groups -OCH3 is 2. The Labute approximate surface area is 245 Å². The van der Waals surface area contributed by atoms with Gasteiger partial charge in [0.05, 0.1) is 44.0 Å². The molecule has 42 heavy (non-hydrogen) atoms. The molecule has 0 unspecified atom stereocenters. The fourth-order valence-corrected chi connectivity index (χ4v) is 6.07. The number of carbonyl (C=O) groups excluding carboxylic acids is 2. The maximum Gasteiger partial charge on any atom is 0.407 e. The number of piperazine rings is 1. The molecule has 2 fully saturated rings. The minimum Gasteiger partial charge on any atom is -0.494 e. The van der Waals surface area contributed by atoms with Crippen molar-refractivity contribution in [2.75, 3.05) is 45.7 Å². The standard InChI is InChI=1S/C31H39FN6O4/c1-41-26-14-8-12-24(27(26)32)34-16-15-22-19-33-17-18-37(22)30(39)28-29(21-9-4-3-5-10-21)38(20-35-28)25-13-7-6-11-23(25)36-31(40)42-2/h3-5,8-10,12,14,20,22-23,25,33-34H,6-7,11,13,15-19H2,1-2H3,(H,36,40)/t22-,23+,25+/m1/s1. The summed E-state index contributed by atoms with van der Waals surface area (Å²) < 4.78 is 26.7. The third-order valence-electron chi connectivity index (χ3n) is 8.21. The Morgan fingerprint density at radius 3 is 2.69 bits per heavy atom. The summed E-state index contributed by atoms with van der Waals surface area (Å²) in [6, 6.07) is 14.5. The Kier molecular flexibility index (Phi) is 9.58. The van der Waals surface area contributed by atoms with Gasteiger partial charge in [0.1, 0.15) is 0 Å². The van der Waals surface area contributed by atoms with Crippen LogP contribution >= 0.6 is 0 Å². The number of alkyl carbamates (subject to hydrolysis) is 1. The number of aromatic nitrogens is 2. The lowest BCUT2D eigenvalue weighted by atomic mass is 9.89. The van der Waals surface area contributed by atoms with Crippen molar-refractivity contribution in [1.29, 1.82) is 0 Å². The Bertz CT molecular complexity index is 1370. The summed E-state index contributed by atoms with van der Waals surface area (Å²) in [7, 11) is 2.80. The number of carbonyl (C=O) groups is 2. The third kappa shape index (κ3) is 6.35. The van der Waals surface area contributed by atoms with Gasteiger partial charge in [0.25, 0.3) is 5.91 Å². The summed E-state index contributed by atoms with van der Waals surface area (Å²) in [5, 5.41) is 9.54. The number of halogens is 1. The topological polar surface area (TPSA) is 110 Å². The van der Waals surface area contributed by atoms with Crippen LogP contribution in [0.25, 0.3) is 11.3 Å². The molecule has 1 aliphatic carbocycles. The lowest BCUT2D eigenvalue weighted by molar-refractivity contribution is 0.0624. The fourth-order valence-electron chi connectivity index (χ4n) is 6.07. The van der Waals surface area contributed by atoms with Crippen molar-refractivity contribution >= 4 is 17.7 Å². The van der Waals surface area contributed by atoms with Crippen molar-refractivity contribution in [2.45, 2.75) is 50.2 Å². The lowest BCUT2D eigenvalue weighted by Gasteiger charge is -2.36. The highest BCUT2D eigenvalue weighted by molar-refractivity contribution is 5.98. The Hall–Kier alpha value is -4.12. The van der Waals surface area contributed by atoms with Gasteiger partial charge in [-0.2, -0.15) is 0 Å². The molecule has 5 rings (SSSR count). The lowest BCUT2D eigenvalue weighted by Crippen LogP contribution is -2.54. The highest BCUT2D eigenvalue weighted by Crippen LogP contribution is 2.35. The predicted octanol–water partition coefficient (Wildman–Crippen LogP) is 4.45. The zero-order chi connectivity index (χ0) is 29.5. The molecule has 2 aliphatic rings. The molecule has 10 nitrogen and oxygen atoms in total. The van der Waals surface area contributed by atoms with Gasteiger partial charge in [-0.25, -0.2) is 14.2 Å². The van der Waals surface area contributed by atoms with Crippen LogP contribution in [0.1, 0.15) is 48.6 Å². The Morgan fingerprint density at radius 2 is 1.90 bits per heavy atom. The number of hydrogen-bond donors (Lipinski definition) is 3. The van der Waals surface area contributed by atoms with Crippen LogP contribution in [0.2, 0.25) is 0 Å². The largest absolute Gasteiger partial charge is 0.494 e. The van der Waals surface area contributed by atoms with Crippen LogP contribution < -0.4 is 20.7 Å². The van der Waals surface area contributed by atoms with E-state index in [1.54, 1.807) is 24.5 Å². The molecule has 2 aromatic carbocycles. The Morgan fingerprint density at radius 1 is 1.10 bits per heavy atom. The van der Waals surface area contributed by atoms with Gasteiger partial charge >= 0.3 is 6.09 Å². The van der Waals surface area contributed by atoms with Crippen molar-refractivity contribution in [1.82, 2.24) is 25.1 Å². The van der Waals surface area contributed by atoms with Gasteiger partial charge in [-0.05, 0) is 31.4 Å². The van der Waals surface area contributed by atoms with Crippen molar-refractivity contribution in [3.63, 3.8) is 0 Å². The molecule has 0 bridgehead atoms. The van der Waals surface area contributed by atoms with Crippen LogP contribution in [0.5, 0.6) is 5.75 Å². The van der Waals surface area contributed by atoms with E-state index in [0.29, 0.717) is 44.0 Å². The molecule has 1 aliphatic heterocycles. The van der Waals surface area contributed by atoms with E-state index in [1.165, 1.54) is 14.2 Å². The van der Waals surface area contributed by atoms with E-state index >= 15 is 0 Å². The molecule has 1 saturated carbocycles. The second kappa shape index (κ2) is 13.7. The van der Waals surface area contributed by atoms with Gasteiger partial charge < -0.3 is 34.9 Å². The zero-order valence-electron chi connectivity index (χ0n) is 24.1. The molecule has 224 valence electrons. The number of hydrogen-bond acceptors (Lipinski definition) is 7. The van der Waals surface area contributed by atoms with Crippen LogP contribution in [0.15, 0.2) is 54.9 Å². The van der Waals surface area contributed by atoms with Crippen molar-refractivity contribution in [2.24, 2.45) is 0 Å². The average Bonchev–Trinajstić information content (AvgIpc) is 3.47. The van der Waals surface area contributed by atoms with Crippen LogP contribution in [0.3, 0.4) is 0 Å². The number of anilines is 1. The molecular weight excluding hydrogens is 539 g/mol. The quantitative estimate of drug-likeness (QED) is 0.344. The Balaban J connectivity index is 1.40. The number of imidazole rings is 1. The summed E-state index contributed by atoms with van der Waals surface area (Å²) in [5.41, 5.74) is 2.40. The molecule has 1 aromatic heterocycles. The summed E-state index contributed by atoms with van der Waals surface area (Å²) in [4.78, 5) is 32.9. The first kappa shape index (κ1) is 29.4. The van der Waals surface area contributed by atoms with E-state index in [0.717, 1.165) is 36.9 Å². The highest BCUT2D eigenvalue weighted by Gasteiger charge is 2.35. The second-order valence-corrected chi connectivity index (χ2v) is 10.7. The number of amides is 2. The van der Waals surface area contributed by atoms with E-state index in [-0.39, 0.29) is 29.8 Å². The van der Waals surface area contributed by atoms with Gasteiger partial charge in [-0.1, -0.05) is 49.2 Å². The minimum absolute atomic E-state index is 0.0668. The van der Waals surface area contributed by atoms with Gasteiger partial charge in [0, 0.05) is 37.8 Å². The monoisotopic (exact) mass is 578 g/mol. The van der Waals surface area contributed by atoms with Crippen molar-refractivity contribution < 1.29 is 23.5 Å². The predicted molar refractivity (Wildman–Crippen MR) is 158 cm³/mol. The second-order valence-electron chi connectivity index (χ2n) is 10.7. The van der Waals surface area contributed by atoms with Crippen LogP contribution in [-0.2, 0) is 4.74 Å². The number of nitrogens with zero attached hydrogens (tertiary/aromatic N) is 3. The molecule has 2 heterocycles. The number of nitrogens with one attached hydrogen (secondary N) is 3. The normalized spacial score (nSPS) is 20.5. The summed E-state index contributed by atoms with van der Waals surface area (Å²) in [6.45, 7) is 2.32. The molecule has 3 aromatic rings. The maximum atomic E-state index is 14.6. The molecular formula is C31H39FN6O4. The van der Waals surface area contributed by atoms with E-state index in [2.05, 4.69) is 20.5 Å². The van der Waals surface area contributed by atoms with Crippen LogP contribution in [0, 0.1) is 5.82 Å². The number of ether oxygens (including phenoxy) is 2. The first-order valence-electron chi connectivity index (χ1n) is 14.6. The molecule has 2 amide bonds. The summed E-state index contributed by atoms with van der Waals surface area (Å²) >= 11 is 0. The first-order valence-corrected chi connectivity index (χ1v) is 14.6. The van der Waals surface area contributed by atoms with Gasteiger partial charge in [0.2, 0.25) is 0 Å². The molecule has 0 spiro atoms. The van der Waals surface area contributed by atoms with E-state index in [9.17, 15) is 14.0 Å². The average molecular weight is 579 g/mol. The summed E-state index contributed by atoms with van der Waals surface area (Å²) in [6.07, 6.45) is 5.57. The van der Waals surface area contributed by atoms with Gasteiger partial charge in [-0.3, -0.25) is 4.79 Å². The van der Waals surface area contributed by atoms with E-state index in [4.69, 9.17) is 14.5 Å². The molecule has 11 heteroatoms. The summed E-state index contributed by atoms with van der Waals surface area (Å²) in [5.74, 6) is -0.391. The molecule has 1 saturated heterocycles. The highest BCUT2D eigenvalue weighted by atomic mass is 19.1. The smallest absolute Gasteiger partial charge is 0.407 e. The fraction of sp³-hybridized carbons (Fsp3) is 0.452. The van der Waals surface area contributed by atoms with Crippen molar-refractivity contribution in [3.05, 3.63) is 66.4 Å². The van der Waals surface area contributed by atoms with Crippen LogP contribution in [0.4, 0.5) is 14.9 Å².